The zero-order chi connectivity index (χ0) is 28.9. The number of aliphatic imine (C=N–C) groups is 1. The molecule has 214 valence electrons. The number of hydrogen-bond acceptors (Lipinski definition) is 8. The Bertz CT molecular complexity index is 1170. The van der Waals surface area contributed by atoms with Crippen LogP contribution in [0.4, 0.5) is 0 Å². The number of benzene rings is 2. The third-order valence-electron chi connectivity index (χ3n) is 6.40. The quantitative estimate of drug-likeness (QED) is 0.0648. The first-order chi connectivity index (χ1) is 19.3. The van der Waals surface area contributed by atoms with Gasteiger partial charge in [-0.15, -0.1) is 0 Å². The molecular weight excluding hydrogens is 518 g/mol. The van der Waals surface area contributed by atoms with Crippen LogP contribution in [-0.2, 0) is 32.1 Å². The Balaban J connectivity index is 1.87. The molecule has 2 aromatic carbocycles. The van der Waals surface area contributed by atoms with E-state index < -0.39 is 40.9 Å². The van der Waals surface area contributed by atoms with Crippen LogP contribution in [0.3, 0.4) is 0 Å². The van der Waals surface area contributed by atoms with Crippen molar-refractivity contribution in [3.05, 3.63) is 81.9 Å². The van der Waals surface area contributed by atoms with Gasteiger partial charge in [-0.25, -0.2) is 14.9 Å². The number of rotatable bonds is 14. The van der Waals surface area contributed by atoms with Crippen molar-refractivity contribution in [2.24, 2.45) is 16.5 Å². The van der Waals surface area contributed by atoms with Crippen LogP contribution >= 0.6 is 0 Å². The van der Waals surface area contributed by atoms with Crippen molar-refractivity contribution in [2.75, 3.05) is 13.1 Å². The van der Waals surface area contributed by atoms with Gasteiger partial charge in [0.05, 0.1) is 6.04 Å². The molecular formula is C27H35N7O6. The van der Waals surface area contributed by atoms with E-state index in [1.807, 2.05) is 0 Å². The molecule has 0 radical (unpaired) electrons. The Labute approximate surface area is 232 Å². The molecule has 13 heteroatoms. The van der Waals surface area contributed by atoms with Gasteiger partial charge in [-0.3, -0.25) is 14.6 Å². The van der Waals surface area contributed by atoms with Gasteiger partial charge in [0, 0.05) is 13.0 Å². The molecule has 1 fully saturated rings. The van der Waals surface area contributed by atoms with E-state index in [9.17, 15) is 24.5 Å². The zero-order valence-electron chi connectivity index (χ0n) is 22.1. The normalized spacial score (nSPS) is 15.8. The molecule has 0 saturated carbocycles. The lowest BCUT2D eigenvalue weighted by Crippen LogP contribution is -2.58. The predicted octanol–water partition coefficient (Wildman–Crippen LogP) is 0.652. The van der Waals surface area contributed by atoms with Gasteiger partial charge in [0.2, 0.25) is 5.91 Å². The molecule has 1 saturated heterocycles. The molecule has 0 bridgehead atoms. The summed E-state index contributed by atoms with van der Waals surface area (Å²) in [6.45, 7) is 0.602. The molecule has 0 aromatic heterocycles. The first kappa shape index (κ1) is 30.0. The molecule has 6 N–H and O–H groups in total. The van der Waals surface area contributed by atoms with Gasteiger partial charge in [0.1, 0.15) is 12.6 Å². The third kappa shape index (κ3) is 9.05. The van der Waals surface area contributed by atoms with Crippen molar-refractivity contribution in [1.29, 1.82) is 0 Å². The molecule has 40 heavy (non-hydrogen) atoms. The molecule has 1 aliphatic heterocycles. The van der Waals surface area contributed by atoms with Crippen LogP contribution in [0.5, 0.6) is 0 Å². The number of hydrogen-bond donors (Lipinski definition) is 4. The van der Waals surface area contributed by atoms with Gasteiger partial charge in [-0.05, 0) is 48.4 Å². The van der Waals surface area contributed by atoms with Crippen molar-refractivity contribution in [3.8, 4) is 0 Å². The number of guanidine groups is 1. The maximum absolute atomic E-state index is 13.8. The molecule has 3 rings (SSSR count). The number of nitrogens with one attached hydrogen (secondary N) is 2. The molecule has 3 atom stereocenters. The standard InChI is InChI=1S/C27H35N7O6/c28-27(29)31-16-8-14-23(26(37)40-18-20-11-5-2-6-12-20)33(34(38)39)25(36)22(17-19-9-3-1-4-10-19)32-24(35)21-13-7-15-30-21/h1-6,9-12,21-23,30H,7-8,13-18H2,(H,32,35)(H4,28,29,31)/t21-,22-,23-/m0/s1. The first-order valence-corrected chi connectivity index (χ1v) is 13.1. The summed E-state index contributed by atoms with van der Waals surface area (Å²) in [6.07, 6.45) is 1.37. The maximum atomic E-state index is 13.8. The smallest absolute Gasteiger partial charge is 0.335 e. The Morgan fingerprint density at radius 2 is 1.75 bits per heavy atom. The molecule has 0 spiro atoms. The summed E-state index contributed by atoms with van der Waals surface area (Å²) in [5.41, 5.74) is 12.1. The van der Waals surface area contributed by atoms with E-state index >= 15 is 0 Å². The fourth-order valence-electron chi connectivity index (χ4n) is 4.40. The van der Waals surface area contributed by atoms with E-state index in [4.69, 9.17) is 16.2 Å². The van der Waals surface area contributed by atoms with E-state index in [-0.39, 0.29) is 43.4 Å². The number of nitrogens with two attached hydrogens (primary N) is 2. The lowest BCUT2D eigenvalue weighted by Gasteiger charge is -2.26. The van der Waals surface area contributed by atoms with E-state index in [0.29, 0.717) is 24.1 Å². The summed E-state index contributed by atoms with van der Waals surface area (Å²) in [5.74, 6) is -2.60. The average Bonchev–Trinajstić information content (AvgIpc) is 3.49. The first-order valence-electron chi connectivity index (χ1n) is 13.1. The summed E-state index contributed by atoms with van der Waals surface area (Å²) in [6, 6.07) is 14.2. The topological polar surface area (TPSA) is 195 Å². The summed E-state index contributed by atoms with van der Waals surface area (Å²) in [7, 11) is 0. The van der Waals surface area contributed by atoms with Crippen LogP contribution < -0.4 is 22.1 Å². The van der Waals surface area contributed by atoms with Crippen molar-refractivity contribution in [2.45, 2.75) is 56.8 Å². The molecule has 1 heterocycles. The van der Waals surface area contributed by atoms with Crippen LogP contribution in [0.1, 0.15) is 36.8 Å². The summed E-state index contributed by atoms with van der Waals surface area (Å²) >= 11 is 0. The highest BCUT2D eigenvalue weighted by molar-refractivity contribution is 5.91. The van der Waals surface area contributed by atoms with Gasteiger partial charge in [0.15, 0.2) is 17.0 Å². The lowest BCUT2D eigenvalue weighted by molar-refractivity contribution is -0.640. The van der Waals surface area contributed by atoms with E-state index in [0.717, 1.165) is 6.42 Å². The van der Waals surface area contributed by atoms with Crippen molar-refractivity contribution >= 4 is 23.7 Å². The minimum atomic E-state index is -1.58. The van der Waals surface area contributed by atoms with Gasteiger partial charge >= 0.3 is 11.9 Å². The lowest BCUT2D eigenvalue weighted by atomic mass is 10.0. The SMILES string of the molecule is NC(N)=NCCC[C@@H](C(=O)OCc1ccccc1)N(C(=O)[C@H](Cc1ccccc1)NC(=O)[C@@H]1CCCN1)[N+](=O)[O-]. The largest absolute Gasteiger partial charge is 0.459 e. The Morgan fingerprint density at radius 3 is 2.33 bits per heavy atom. The number of esters is 1. The summed E-state index contributed by atoms with van der Waals surface area (Å²) in [5, 5.41) is 17.4. The highest BCUT2D eigenvalue weighted by Gasteiger charge is 2.43. The van der Waals surface area contributed by atoms with Crippen LogP contribution in [0.2, 0.25) is 0 Å². The van der Waals surface area contributed by atoms with Crippen molar-refractivity contribution < 1.29 is 24.2 Å². The van der Waals surface area contributed by atoms with Crippen LogP contribution in [0.25, 0.3) is 0 Å². The van der Waals surface area contributed by atoms with Crippen molar-refractivity contribution in [1.82, 2.24) is 15.6 Å². The zero-order valence-corrected chi connectivity index (χ0v) is 22.1. The number of amides is 2. The van der Waals surface area contributed by atoms with E-state index in [2.05, 4.69) is 15.6 Å². The number of carbonyl (C=O) groups excluding carboxylic acids is 3. The number of nitro groups is 1. The molecule has 2 amide bonds. The maximum Gasteiger partial charge on any atom is 0.335 e. The minimum absolute atomic E-state index is 0.0117. The predicted molar refractivity (Wildman–Crippen MR) is 147 cm³/mol. The number of nitrogens with zero attached hydrogens (tertiary/aromatic N) is 3. The monoisotopic (exact) mass is 553 g/mol. The van der Waals surface area contributed by atoms with Gasteiger partial charge in [-0.1, -0.05) is 60.7 Å². The second-order valence-corrected chi connectivity index (χ2v) is 9.38. The molecule has 0 aliphatic carbocycles. The van der Waals surface area contributed by atoms with Crippen LogP contribution in [0.15, 0.2) is 65.7 Å². The summed E-state index contributed by atoms with van der Waals surface area (Å²) < 4.78 is 5.39. The highest BCUT2D eigenvalue weighted by Crippen LogP contribution is 2.16. The Kier molecular flexibility index (Phi) is 11.4. The third-order valence-corrected chi connectivity index (χ3v) is 6.40. The van der Waals surface area contributed by atoms with Gasteiger partial charge < -0.3 is 26.8 Å². The minimum Gasteiger partial charge on any atom is -0.459 e. The van der Waals surface area contributed by atoms with E-state index in [1.165, 1.54) is 0 Å². The van der Waals surface area contributed by atoms with Crippen molar-refractivity contribution in [3.63, 3.8) is 0 Å². The molecule has 13 nitrogen and oxygen atoms in total. The number of carbonyl (C=O) groups is 3. The number of ether oxygens (including phenoxy) is 1. The fourth-order valence-corrected chi connectivity index (χ4v) is 4.40. The Hall–Kier alpha value is -4.52. The Morgan fingerprint density at radius 1 is 1.10 bits per heavy atom. The van der Waals surface area contributed by atoms with Gasteiger partial charge in [-0.2, -0.15) is 0 Å². The molecule has 0 unspecified atom stereocenters. The second kappa shape index (κ2) is 15.2. The fraction of sp³-hybridized carbons (Fsp3) is 0.407. The van der Waals surface area contributed by atoms with Crippen LogP contribution in [0, 0.1) is 10.1 Å². The average molecular weight is 554 g/mol. The van der Waals surface area contributed by atoms with E-state index in [1.54, 1.807) is 60.7 Å². The second-order valence-electron chi connectivity index (χ2n) is 9.38. The molecule has 2 aromatic rings. The van der Waals surface area contributed by atoms with Gasteiger partial charge in [0.25, 0.3) is 0 Å². The van der Waals surface area contributed by atoms with Crippen LogP contribution in [-0.4, -0.2) is 65.0 Å². The highest BCUT2D eigenvalue weighted by atomic mass is 16.7. The summed E-state index contributed by atoms with van der Waals surface area (Å²) in [4.78, 5) is 56.1. The molecule has 1 aliphatic rings. The number of hydrazine groups is 1.